The van der Waals surface area contributed by atoms with E-state index in [2.05, 4.69) is 4.98 Å². The molecule has 120 valence electrons. The highest BCUT2D eigenvalue weighted by molar-refractivity contribution is 6.07. The van der Waals surface area contributed by atoms with E-state index in [1.165, 1.54) is 4.57 Å². The van der Waals surface area contributed by atoms with Gasteiger partial charge in [0.15, 0.2) is 0 Å². The third-order valence-corrected chi connectivity index (χ3v) is 4.56. The van der Waals surface area contributed by atoms with Crippen molar-refractivity contribution in [2.75, 3.05) is 11.4 Å². The molecule has 3 heterocycles. The summed E-state index contributed by atoms with van der Waals surface area (Å²) in [7, 11) is 1.65. The first-order valence-electron chi connectivity index (χ1n) is 8.01. The molecule has 0 saturated heterocycles. The number of benzene rings is 1. The summed E-state index contributed by atoms with van der Waals surface area (Å²) in [4.78, 5) is 31.7. The van der Waals surface area contributed by atoms with Crippen molar-refractivity contribution in [3.8, 4) is 0 Å². The maximum absolute atomic E-state index is 13.1. The van der Waals surface area contributed by atoms with Crippen molar-refractivity contribution in [3.63, 3.8) is 0 Å². The lowest BCUT2D eigenvalue weighted by molar-refractivity contribution is 0.0983. The van der Waals surface area contributed by atoms with Gasteiger partial charge in [0.2, 0.25) is 0 Å². The van der Waals surface area contributed by atoms with Crippen LogP contribution in [-0.4, -0.2) is 22.0 Å². The van der Waals surface area contributed by atoms with Gasteiger partial charge in [0.25, 0.3) is 11.5 Å². The van der Waals surface area contributed by atoms with Crippen molar-refractivity contribution in [1.29, 1.82) is 0 Å². The maximum Gasteiger partial charge on any atom is 0.264 e. The van der Waals surface area contributed by atoms with Crippen LogP contribution in [0.3, 0.4) is 0 Å². The summed E-state index contributed by atoms with van der Waals surface area (Å²) in [6.07, 6.45) is 3.50. The summed E-state index contributed by atoms with van der Waals surface area (Å²) in [6, 6.07) is 13.2. The lowest BCUT2D eigenvalue weighted by atomic mass is 10.0. The van der Waals surface area contributed by atoms with Gasteiger partial charge in [-0.05, 0) is 42.7 Å². The summed E-state index contributed by atoms with van der Waals surface area (Å²) < 4.78 is 1.44. The van der Waals surface area contributed by atoms with E-state index in [1.807, 2.05) is 30.3 Å². The normalized spacial score (nSPS) is 13.8. The number of carbonyl (C=O) groups is 1. The first-order chi connectivity index (χ1) is 11.7. The molecule has 0 fully saturated rings. The van der Waals surface area contributed by atoms with Crippen molar-refractivity contribution in [2.24, 2.45) is 7.05 Å². The molecule has 0 aliphatic carbocycles. The fourth-order valence-corrected chi connectivity index (χ4v) is 3.34. The molecule has 0 spiro atoms. The number of nitrogens with zero attached hydrogens (tertiary/aromatic N) is 3. The molecule has 0 bridgehead atoms. The number of amides is 1. The number of pyridine rings is 2. The highest BCUT2D eigenvalue weighted by Gasteiger charge is 2.26. The minimum atomic E-state index is -0.311. The Kier molecular flexibility index (Phi) is 3.41. The fourth-order valence-electron chi connectivity index (χ4n) is 3.34. The number of carbonyl (C=O) groups excluding carboxylic acids is 1. The van der Waals surface area contributed by atoms with Crippen LogP contribution in [0, 0.1) is 0 Å². The summed E-state index contributed by atoms with van der Waals surface area (Å²) in [5, 5.41) is 0.785. The molecule has 0 saturated carbocycles. The average molecular weight is 319 g/mol. The van der Waals surface area contributed by atoms with Gasteiger partial charge in [-0.3, -0.25) is 14.2 Å². The van der Waals surface area contributed by atoms with Gasteiger partial charge >= 0.3 is 0 Å². The second-order valence-corrected chi connectivity index (χ2v) is 6.03. The molecule has 1 amide bonds. The summed E-state index contributed by atoms with van der Waals surface area (Å²) in [5.74, 6) is -0.242. The van der Waals surface area contributed by atoms with Crippen molar-refractivity contribution >= 4 is 22.6 Å². The lowest BCUT2D eigenvalue weighted by Gasteiger charge is -2.29. The molecule has 0 atom stereocenters. The quantitative estimate of drug-likeness (QED) is 0.692. The van der Waals surface area contributed by atoms with Crippen LogP contribution >= 0.6 is 0 Å². The molecule has 1 aliphatic rings. The minimum absolute atomic E-state index is 0.190. The first-order valence-corrected chi connectivity index (χ1v) is 8.01. The Balaban J connectivity index is 1.86. The van der Waals surface area contributed by atoms with Crippen LogP contribution in [0.5, 0.6) is 0 Å². The smallest absolute Gasteiger partial charge is 0.264 e. The van der Waals surface area contributed by atoms with Crippen LogP contribution in [0.1, 0.15) is 22.3 Å². The van der Waals surface area contributed by atoms with Crippen molar-refractivity contribution in [1.82, 2.24) is 9.55 Å². The predicted molar refractivity (Wildman–Crippen MR) is 93.4 cm³/mol. The van der Waals surface area contributed by atoms with E-state index >= 15 is 0 Å². The third-order valence-electron chi connectivity index (χ3n) is 4.56. The van der Waals surface area contributed by atoms with E-state index in [0.717, 1.165) is 29.5 Å². The largest absolute Gasteiger partial charge is 0.308 e. The van der Waals surface area contributed by atoms with E-state index in [0.29, 0.717) is 12.2 Å². The second-order valence-electron chi connectivity index (χ2n) is 6.03. The van der Waals surface area contributed by atoms with Crippen LogP contribution in [-0.2, 0) is 13.5 Å². The Labute approximate surface area is 139 Å². The van der Waals surface area contributed by atoms with Crippen LogP contribution < -0.4 is 10.5 Å². The van der Waals surface area contributed by atoms with E-state index in [-0.39, 0.29) is 17.0 Å². The van der Waals surface area contributed by atoms with E-state index in [9.17, 15) is 9.59 Å². The molecule has 4 rings (SSSR count). The van der Waals surface area contributed by atoms with Crippen LogP contribution in [0.2, 0.25) is 0 Å². The molecule has 0 N–H and O–H groups in total. The zero-order valence-electron chi connectivity index (χ0n) is 13.4. The minimum Gasteiger partial charge on any atom is -0.308 e. The Bertz CT molecular complexity index is 1010. The zero-order valence-corrected chi connectivity index (χ0v) is 13.4. The standard InChI is InChI=1S/C19H17N3O2/c1-21-17-14(7-4-10-20-17)12-15(18(21)23)19(24)22-11-5-8-13-6-2-3-9-16(13)22/h2-4,6-7,9-10,12H,5,8,11H2,1H3. The SMILES string of the molecule is Cn1c(=O)c(C(=O)N2CCCc3ccccc32)cc2cccnc21. The van der Waals surface area contributed by atoms with Gasteiger partial charge < -0.3 is 4.90 Å². The van der Waals surface area contributed by atoms with Crippen LogP contribution in [0.4, 0.5) is 5.69 Å². The number of rotatable bonds is 1. The number of hydrogen-bond donors (Lipinski definition) is 0. The topological polar surface area (TPSA) is 55.2 Å². The predicted octanol–water partition coefficient (Wildman–Crippen LogP) is 2.53. The van der Waals surface area contributed by atoms with E-state index in [4.69, 9.17) is 0 Å². The van der Waals surface area contributed by atoms with E-state index in [1.54, 1.807) is 30.3 Å². The Hall–Kier alpha value is -2.95. The molecule has 0 unspecified atom stereocenters. The van der Waals surface area contributed by atoms with Crippen LogP contribution in [0.15, 0.2) is 53.5 Å². The van der Waals surface area contributed by atoms with Gasteiger partial charge in [-0.15, -0.1) is 0 Å². The molecule has 5 nitrogen and oxygen atoms in total. The Morgan fingerprint density at radius 1 is 1.17 bits per heavy atom. The van der Waals surface area contributed by atoms with E-state index < -0.39 is 0 Å². The van der Waals surface area contributed by atoms with Crippen LogP contribution in [0.25, 0.3) is 11.0 Å². The Morgan fingerprint density at radius 2 is 2.00 bits per heavy atom. The van der Waals surface area contributed by atoms with Crippen molar-refractivity contribution < 1.29 is 4.79 Å². The van der Waals surface area contributed by atoms with Gasteiger partial charge in [-0.25, -0.2) is 4.98 Å². The van der Waals surface area contributed by atoms with Gasteiger partial charge in [-0.1, -0.05) is 18.2 Å². The Morgan fingerprint density at radius 3 is 2.88 bits per heavy atom. The first kappa shape index (κ1) is 14.6. The van der Waals surface area contributed by atoms with Gasteiger partial charge in [0.1, 0.15) is 11.2 Å². The molecule has 5 heteroatoms. The molecule has 24 heavy (non-hydrogen) atoms. The number of aryl methyl sites for hydroxylation is 2. The zero-order chi connectivity index (χ0) is 16.7. The fraction of sp³-hybridized carbons (Fsp3) is 0.211. The lowest BCUT2D eigenvalue weighted by Crippen LogP contribution is -2.39. The molecule has 1 aliphatic heterocycles. The molecule has 0 radical (unpaired) electrons. The molecule has 3 aromatic rings. The average Bonchev–Trinajstić information content (AvgIpc) is 2.63. The van der Waals surface area contributed by atoms with Gasteiger partial charge in [-0.2, -0.15) is 0 Å². The monoisotopic (exact) mass is 319 g/mol. The second kappa shape index (κ2) is 5.60. The number of anilines is 1. The summed E-state index contributed by atoms with van der Waals surface area (Å²) >= 11 is 0. The molecule has 2 aromatic heterocycles. The van der Waals surface area contributed by atoms with Gasteiger partial charge in [0, 0.05) is 30.9 Å². The number of para-hydroxylation sites is 1. The summed E-state index contributed by atoms with van der Waals surface area (Å²) in [5.41, 5.74) is 2.51. The van der Waals surface area contributed by atoms with Crippen molar-refractivity contribution in [3.05, 3.63) is 70.1 Å². The molecular formula is C19H17N3O2. The maximum atomic E-state index is 13.1. The third kappa shape index (κ3) is 2.21. The highest BCUT2D eigenvalue weighted by atomic mass is 16.2. The summed E-state index contributed by atoms with van der Waals surface area (Å²) in [6.45, 7) is 0.629. The highest BCUT2D eigenvalue weighted by Crippen LogP contribution is 2.28. The number of fused-ring (bicyclic) bond motifs is 2. The van der Waals surface area contributed by atoms with Crippen molar-refractivity contribution in [2.45, 2.75) is 12.8 Å². The number of aromatic nitrogens is 2. The molecular weight excluding hydrogens is 302 g/mol. The molecule has 1 aromatic carbocycles. The number of hydrogen-bond acceptors (Lipinski definition) is 3. The van der Waals surface area contributed by atoms with Gasteiger partial charge in [0.05, 0.1) is 0 Å².